The third-order valence-electron chi connectivity index (χ3n) is 3.05. The molecule has 0 aliphatic carbocycles. The minimum atomic E-state index is -1.29. The maximum atomic E-state index is 11.6. The van der Waals surface area contributed by atoms with E-state index in [0.29, 0.717) is 13.1 Å². The maximum absolute atomic E-state index is 11.6. The molecule has 1 aliphatic heterocycles. The van der Waals surface area contributed by atoms with Crippen LogP contribution in [0.2, 0.25) is 0 Å². The number of carboxylic acids is 1. The Kier molecular flexibility index (Phi) is 3.51. The van der Waals surface area contributed by atoms with Crippen LogP contribution in [0, 0.1) is 10.1 Å². The summed E-state index contributed by atoms with van der Waals surface area (Å²) in [7, 11) is 1.65. The summed E-state index contributed by atoms with van der Waals surface area (Å²) in [6, 6.07) is 0.952. The van der Waals surface area contributed by atoms with Gasteiger partial charge in [0.25, 0.3) is 0 Å². The molecule has 9 heteroatoms. The highest BCUT2D eigenvalue weighted by Gasteiger charge is 2.28. The van der Waals surface area contributed by atoms with Gasteiger partial charge in [0.15, 0.2) is 0 Å². The van der Waals surface area contributed by atoms with Gasteiger partial charge in [-0.3, -0.25) is 14.9 Å². The Balaban J connectivity index is 2.38. The quantitative estimate of drug-likeness (QED) is 0.610. The Labute approximate surface area is 113 Å². The van der Waals surface area contributed by atoms with E-state index in [4.69, 9.17) is 5.11 Å². The van der Waals surface area contributed by atoms with Crippen molar-refractivity contribution in [2.45, 2.75) is 0 Å². The average Bonchev–Trinajstić information content (AvgIpc) is 2.41. The van der Waals surface area contributed by atoms with Gasteiger partial charge in [0.2, 0.25) is 11.7 Å². The SMILES string of the molecule is CN1CCN(c2ncc(C(=O)O)cc2[N+](=O)[O-])CC1=O. The molecule has 2 rings (SSSR count). The number of carbonyl (C=O) groups excluding carboxylic acids is 1. The van der Waals surface area contributed by atoms with E-state index in [2.05, 4.69) is 4.98 Å². The Bertz CT molecular complexity index is 588. The Morgan fingerprint density at radius 1 is 1.50 bits per heavy atom. The van der Waals surface area contributed by atoms with Crippen LogP contribution >= 0.6 is 0 Å². The highest BCUT2D eigenvalue weighted by atomic mass is 16.6. The largest absolute Gasteiger partial charge is 0.478 e. The fourth-order valence-electron chi connectivity index (χ4n) is 1.88. The van der Waals surface area contributed by atoms with Gasteiger partial charge in [0.05, 0.1) is 17.0 Å². The molecule has 2 heterocycles. The van der Waals surface area contributed by atoms with E-state index in [9.17, 15) is 19.7 Å². The Morgan fingerprint density at radius 3 is 2.75 bits per heavy atom. The number of carbonyl (C=O) groups is 2. The molecule has 106 valence electrons. The zero-order valence-electron chi connectivity index (χ0n) is 10.6. The van der Waals surface area contributed by atoms with Crippen molar-refractivity contribution >= 4 is 23.4 Å². The first kappa shape index (κ1) is 13.7. The first-order valence-corrected chi connectivity index (χ1v) is 5.77. The molecule has 0 atom stereocenters. The van der Waals surface area contributed by atoms with Crippen molar-refractivity contribution in [3.63, 3.8) is 0 Å². The average molecular weight is 280 g/mol. The smallest absolute Gasteiger partial charge is 0.337 e. The molecule has 20 heavy (non-hydrogen) atoms. The lowest BCUT2D eigenvalue weighted by atomic mass is 10.2. The zero-order valence-corrected chi connectivity index (χ0v) is 10.6. The molecule has 0 unspecified atom stereocenters. The number of hydrogen-bond acceptors (Lipinski definition) is 6. The lowest BCUT2D eigenvalue weighted by Crippen LogP contribution is -2.49. The van der Waals surface area contributed by atoms with Crippen molar-refractivity contribution < 1.29 is 19.6 Å². The summed E-state index contributed by atoms with van der Waals surface area (Å²) in [5.74, 6) is -1.45. The number of carboxylic acid groups (broad SMARTS) is 1. The molecule has 1 saturated heterocycles. The van der Waals surface area contributed by atoms with Crippen LogP contribution in [-0.4, -0.2) is 58.5 Å². The van der Waals surface area contributed by atoms with E-state index in [1.165, 1.54) is 9.80 Å². The monoisotopic (exact) mass is 280 g/mol. The Hall–Kier alpha value is -2.71. The third kappa shape index (κ3) is 2.51. The van der Waals surface area contributed by atoms with Crippen molar-refractivity contribution in [3.8, 4) is 0 Å². The summed E-state index contributed by atoms with van der Waals surface area (Å²) >= 11 is 0. The van der Waals surface area contributed by atoms with Crippen molar-refractivity contribution in [3.05, 3.63) is 27.9 Å². The molecule has 0 spiro atoms. The molecule has 0 aromatic carbocycles. The van der Waals surface area contributed by atoms with E-state index in [0.717, 1.165) is 12.3 Å². The molecule has 0 saturated carbocycles. The topological polar surface area (TPSA) is 117 Å². The predicted molar refractivity (Wildman–Crippen MR) is 67.7 cm³/mol. The molecule has 0 radical (unpaired) electrons. The van der Waals surface area contributed by atoms with Gasteiger partial charge in [-0.1, -0.05) is 0 Å². The second-order valence-electron chi connectivity index (χ2n) is 4.37. The first-order valence-electron chi connectivity index (χ1n) is 5.77. The number of nitrogens with zero attached hydrogens (tertiary/aromatic N) is 4. The van der Waals surface area contributed by atoms with Crippen LogP contribution in [0.5, 0.6) is 0 Å². The minimum absolute atomic E-state index is 0.0152. The summed E-state index contributed by atoms with van der Waals surface area (Å²) < 4.78 is 0. The van der Waals surface area contributed by atoms with Crippen LogP contribution in [0.3, 0.4) is 0 Å². The molecule has 0 bridgehead atoms. The van der Waals surface area contributed by atoms with Crippen molar-refractivity contribution in [1.82, 2.24) is 9.88 Å². The normalized spacial score (nSPS) is 15.3. The fourth-order valence-corrected chi connectivity index (χ4v) is 1.88. The lowest BCUT2D eigenvalue weighted by molar-refractivity contribution is -0.384. The Morgan fingerprint density at radius 2 is 2.20 bits per heavy atom. The highest BCUT2D eigenvalue weighted by molar-refractivity contribution is 5.89. The van der Waals surface area contributed by atoms with Crippen LogP contribution < -0.4 is 4.90 Å². The second kappa shape index (κ2) is 5.11. The summed E-state index contributed by atoms with van der Waals surface area (Å²) in [5, 5.41) is 19.9. The molecular weight excluding hydrogens is 268 g/mol. The van der Waals surface area contributed by atoms with Gasteiger partial charge >= 0.3 is 11.7 Å². The standard InChI is InChI=1S/C11H12N4O5/c1-13-2-3-14(6-9(13)16)10-8(15(19)20)4-7(5-12-10)11(17)18/h4-5H,2-3,6H2,1H3,(H,17,18). The molecule has 1 aromatic rings. The lowest BCUT2D eigenvalue weighted by Gasteiger charge is -2.32. The van der Waals surface area contributed by atoms with Crippen molar-refractivity contribution in [1.29, 1.82) is 0 Å². The summed E-state index contributed by atoms with van der Waals surface area (Å²) in [6.45, 7) is 0.817. The third-order valence-corrected chi connectivity index (χ3v) is 3.05. The molecule has 9 nitrogen and oxygen atoms in total. The van der Waals surface area contributed by atoms with Gasteiger partial charge in [-0.25, -0.2) is 9.78 Å². The summed E-state index contributed by atoms with van der Waals surface area (Å²) in [6.07, 6.45) is 1.05. The second-order valence-corrected chi connectivity index (χ2v) is 4.37. The number of pyridine rings is 1. The number of anilines is 1. The van der Waals surface area contributed by atoms with Gasteiger partial charge in [0.1, 0.15) is 0 Å². The van der Waals surface area contributed by atoms with Crippen LogP contribution in [0.4, 0.5) is 11.5 Å². The number of likely N-dealkylation sites (N-methyl/N-ethyl adjacent to an activating group) is 1. The summed E-state index contributed by atoms with van der Waals surface area (Å²) in [5.41, 5.74) is -0.678. The van der Waals surface area contributed by atoms with E-state index < -0.39 is 16.6 Å². The first-order chi connectivity index (χ1) is 9.40. The number of aromatic nitrogens is 1. The molecular formula is C11H12N4O5. The van der Waals surface area contributed by atoms with Gasteiger partial charge in [-0.15, -0.1) is 0 Å². The van der Waals surface area contributed by atoms with Gasteiger partial charge in [-0.05, 0) is 0 Å². The zero-order chi connectivity index (χ0) is 14.9. The van der Waals surface area contributed by atoms with Crippen LogP contribution in [0.15, 0.2) is 12.3 Å². The van der Waals surface area contributed by atoms with Gasteiger partial charge < -0.3 is 14.9 Å². The van der Waals surface area contributed by atoms with E-state index in [1.807, 2.05) is 0 Å². The number of aromatic carboxylic acids is 1. The van der Waals surface area contributed by atoms with Crippen LogP contribution in [0.25, 0.3) is 0 Å². The molecule has 1 aromatic heterocycles. The number of nitro groups is 1. The maximum Gasteiger partial charge on any atom is 0.337 e. The fraction of sp³-hybridized carbons (Fsp3) is 0.364. The molecule has 1 N–H and O–H groups in total. The number of hydrogen-bond donors (Lipinski definition) is 1. The van der Waals surface area contributed by atoms with Crippen molar-refractivity contribution in [2.75, 3.05) is 31.6 Å². The van der Waals surface area contributed by atoms with Crippen molar-refractivity contribution in [2.24, 2.45) is 0 Å². The van der Waals surface area contributed by atoms with Gasteiger partial charge in [-0.2, -0.15) is 0 Å². The van der Waals surface area contributed by atoms with E-state index in [1.54, 1.807) is 7.05 Å². The number of piperazine rings is 1. The van der Waals surface area contributed by atoms with E-state index >= 15 is 0 Å². The highest BCUT2D eigenvalue weighted by Crippen LogP contribution is 2.27. The minimum Gasteiger partial charge on any atom is -0.478 e. The van der Waals surface area contributed by atoms with Crippen LogP contribution in [0.1, 0.15) is 10.4 Å². The van der Waals surface area contributed by atoms with Crippen LogP contribution in [-0.2, 0) is 4.79 Å². The number of amides is 1. The predicted octanol–water partition coefficient (Wildman–Crippen LogP) is -0.0336. The van der Waals surface area contributed by atoms with E-state index in [-0.39, 0.29) is 23.8 Å². The molecule has 1 fully saturated rings. The molecule has 1 amide bonds. The summed E-state index contributed by atoms with van der Waals surface area (Å²) in [4.78, 5) is 39.6. The number of rotatable bonds is 3. The van der Waals surface area contributed by atoms with Gasteiger partial charge in [0, 0.05) is 32.4 Å². The molecule has 1 aliphatic rings.